The molecule has 194 valence electrons. The number of sulfonamides is 1. The van der Waals surface area contributed by atoms with Gasteiger partial charge in [0, 0.05) is 24.3 Å². The summed E-state index contributed by atoms with van der Waals surface area (Å²) >= 11 is 1.58. The van der Waals surface area contributed by atoms with E-state index in [2.05, 4.69) is 26.7 Å². The molecule has 1 N–H and O–H groups in total. The lowest BCUT2D eigenvalue weighted by molar-refractivity contribution is 0.242. The van der Waals surface area contributed by atoms with E-state index < -0.39 is 10.0 Å². The molecule has 2 aromatic carbocycles. The van der Waals surface area contributed by atoms with Gasteiger partial charge in [0.1, 0.15) is 16.8 Å². The topological polar surface area (TPSA) is 95.3 Å². The van der Waals surface area contributed by atoms with Gasteiger partial charge >= 0.3 is 0 Å². The molecule has 1 aliphatic carbocycles. The third kappa shape index (κ3) is 5.88. The largest absolute Gasteiger partial charge is 0.490 e. The fourth-order valence-corrected chi connectivity index (χ4v) is 7.44. The van der Waals surface area contributed by atoms with Crippen LogP contribution in [-0.2, 0) is 16.4 Å². The third-order valence-corrected chi connectivity index (χ3v) is 9.39. The highest BCUT2D eigenvalue weighted by Crippen LogP contribution is 2.41. The van der Waals surface area contributed by atoms with Crippen LogP contribution in [0.2, 0.25) is 0 Å². The Morgan fingerprint density at radius 1 is 1.24 bits per heavy atom. The molecule has 0 saturated carbocycles. The van der Waals surface area contributed by atoms with E-state index in [-0.39, 0.29) is 17.9 Å². The summed E-state index contributed by atoms with van der Waals surface area (Å²) in [5.74, 6) is 0.718. The molecule has 1 saturated heterocycles. The fraction of sp³-hybridized carbons (Fsp3) is 0.429. The van der Waals surface area contributed by atoms with Crippen LogP contribution in [0.4, 0.5) is 0 Å². The summed E-state index contributed by atoms with van der Waals surface area (Å²) in [5.41, 5.74) is 4.70. The van der Waals surface area contributed by atoms with Crippen molar-refractivity contribution in [1.82, 2.24) is 14.6 Å². The predicted octanol–water partition coefficient (Wildman–Crippen LogP) is 5.14. The first-order valence-electron chi connectivity index (χ1n) is 12.8. The molecule has 1 aliphatic heterocycles. The second-order valence-electron chi connectivity index (χ2n) is 9.97. The van der Waals surface area contributed by atoms with Crippen LogP contribution in [0.15, 0.2) is 42.6 Å². The summed E-state index contributed by atoms with van der Waals surface area (Å²) in [6.45, 7) is 6.46. The fourth-order valence-electron chi connectivity index (χ4n) is 5.18. The van der Waals surface area contributed by atoms with Crippen LogP contribution >= 0.6 is 11.3 Å². The summed E-state index contributed by atoms with van der Waals surface area (Å²) in [5, 5.41) is 10.4. The molecule has 2 aliphatic rings. The van der Waals surface area contributed by atoms with Gasteiger partial charge in [-0.2, -0.15) is 5.26 Å². The number of nitrogens with one attached hydrogen (secondary N) is 1. The highest BCUT2D eigenvalue weighted by molar-refractivity contribution is 7.89. The van der Waals surface area contributed by atoms with Crippen molar-refractivity contribution in [1.29, 1.82) is 5.26 Å². The first-order valence-corrected chi connectivity index (χ1v) is 15.3. The normalized spacial score (nSPS) is 17.7. The zero-order valence-electron chi connectivity index (χ0n) is 21.2. The van der Waals surface area contributed by atoms with E-state index in [1.807, 2.05) is 50.4 Å². The zero-order valence-corrected chi connectivity index (χ0v) is 22.9. The summed E-state index contributed by atoms with van der Waals surface area (Å²) < 4.78 is 34.4. The maximum absolute atomic E-state index is 12.8. The average Bonchev–Trinajstić information content (AvgIpc) is 3.64. The molecule has 0 bridgehead atoms. The van der Waals surface area contributed by atoms with E-state index in [4.69, 9.17) is 4.74 Å². The molecule has 0 spiro atoms. The average molecular weight is 537 g/mol. The van der Waals surface area contributed by atoms with Gasteiger partial charge in [-0.15, -0.1) is 11.3 Å². The summed E-state index contributed by atoms with van der Waals surface area (Å²) in [7, 11) is -3.36. The quantitative estimate of drug-likeness (QED) is 0.407. The van der Waals surface area contributed by atoms with Crippen LogP contribution in [0.3, 0.4) is 0 Å². The Balaban J connectivity index is 1.34. The van der Waals surface area contributed by atoms with Gasteiger partial charge in [0.05, 0.1) is 22.3 Å². The lowest BCUT2D eigenvalue weighted by atomic mass is 10.0. The number of hydrogen-bond donors (Lipinski definition) is 1. The Bertz CT molecular complexity index is 1420. The van der Waals surface area contributed by atoms with Gasteiger partial charge in [-0.25, -0.2) is 18.1 Å². The second-order valence-corrected chi connectivity index (χ2v) is 12.9. The van der Waals surface area contributed by atoms with Gasteiger partial charge in [0.15, 0.2) is 0 Å². The lowest BCUT2D eigenvalue weighted by Gasteiger charge is -2.18. The van der Waals surface area contributed by atoms with Crippen LogP contribution in [-0.4, -0.2) is 49.8 Å². The first-order chi connectivity index (χ1) is 17.8. The SMILES string of the molecule is CC(C)Oc1ccc(-c2ncc(-c3cccc4c3CCC4NS(=O)(=O)CCN3CCCC3)s2)cc1C#N. The van der Waals surface area contributed by atoms with Gasteiger partial charge in [-0.3, -0.25) is 0 Å². The molecule has 7 nitrogen and oxygen atoms in total. The molecule has 0 radical (unpaired) electrons. The standard InChI is InChI=1S/C28H32N4O3S2/c1-19(2)35-26-11-8-20(16-21(26)17-29)28-30-18-27(36-28)24-7-5-6-23-22(24)9-10-25(23)31-37(33,34)15-14-32-12-3-4-13-32/h5-8,11,16,18-19,25,31H,3-4,9-10,12-15H2,1-2H3. The number of thiazole rings is 1. The van der Waals surface area contributed by atoms with Crippen LogP contribution in [0.1, 0.15) is 55.8 Å². The van der Waals surface area contributed by atoms with E-state index in [1.165, 1.54) is 5.56 Å². The van der Waals surface area contributed by atoms with Crippen molar-refractivity contribution >= 4 is 21.4 Å². The number of nitriles is 1. The Kier molecular flexibility index (Phi) is 7.63. The Morgan fingerprint density at radius 3 is 2.81 bits per heavy atom. The van der Waals surface area contributed by atoms with Crippen LogP contribution in [0.5, 0.6) is 5.75 Å². The minimum Gasteiger partial charge on any atom is -0.490 e. The van der Waals surface area contributed by atoms with Crippen molar-refractivity contribution in [2.45, 2.75) is 51.7 Å². The van der Waals surface area contributed by atoms with Crippen molar-refractivity contribution in [2.75, 3.05) is 25.4 Å². The molecule has 9 heteroatoms. The molecule has 1 fully saturated rings. The maximum atomic E-state index is 12.8. The molecule has 3 aromatic rings. The minimum atomic E-state index is -3.36. The summed E-state index contributed by atoms with van der Waals surface area (Å²) in [6, 6.07) is 13.7. The number of ether oxygens (including phenoxy) is 1. The van der Waals surface area contributed by atoms with E-state index in [0.29, 0.717) is 17.9 Å². The predicted molar refractivity (Wildman–Crippen MR) is 147 cm³/mol. The molecule has 0 amide bonds. The van der Waals surface area contributed by atoms with Gasteiger partial charge in [-0.1, -0.05) is 18.2 Å². The number of benzene rings is 2. The van der Waals surface area contributed by atoms with Crippen LogP contribution < -0.4 is 9.46 Å². The number of hydrogen-bond acceptors (Lipinski definition) is 7. The van der Waals surface area contributed by atoms with Crippen molar-refractivity contribution in [3.05, 3.63) is 59.3 Å². The second kappa shape index (κ2) is 10.9. The molecular weight excluding hydrogens is 504 g/mol. The highest BCUT2D eigenvalue weighted by atomic mass is 32.2. The van der Waals surface area contributed by atoms with E-state index in [1.54, 1.807) is 11.3 Å². The summed E-state index contributed by atoms with van der Waals surface area (Å²) in [6.07, 6.45) is 5.74. The van der Waals surface area contributed by atoms with Gasteiger partial charge in [-0.05, 0) is 87.5 Å². The van der Waals surface area contributed by atoms with Crippen molar-refractivity contribution < 1.29 is 13.2 Å². The van der Waals surface area contributed by atoms with Crippen LogP contribution in [0.25, 0.3) is 21.0 Å². The molecular formula is C28H32N4O3S2. The smallest absolute Gasteiger partial charge is 0.213 e. The zero-order chi connectivity index (χ0) is 26.0. The molecule has 5 rings (SSSR count). The molecule has 1 atom stereocenters. The van der Waals surface area contributed by atoms with E-state index in [9.17, 15) is 13.7 Å². The third-order valence-electron chi connectivity index (χ3n) is 6.95. The molecule has 2 heterocycles. The number of rotatable bonds is 9. The molecule has 37 heavy (non-hydrogen) atoms. The monoisotopic (exact) mass is 536 g/mol. The number of likely N-dealkylation sites (tertiary alicyclic amines) is 1. The van der Waals surface area contributed by atoms with Gasteiger partial charge in [0.2, 0.25) is 10.0 Å². The first kappa shape index (κ1) is 25.9. The van der Waals surface area contributed by atoms with E-state index >= 15 is 0 Å². The molecule has 1 aromatic heterocycles. The van der Waals surface area contributed by atoms with Gasteiger partial charge in [0.25, 0.3) is 0 Å². The Hall–Kier alpha value is -2.77. The summed E-state index contributed by atoms with van der Waals surface area (Å²) in [4.78, 5) is 7.91. The van der Waals surface area contributed by atoms with Crippen LogP contribution in [0, 0.1) is 11.3 Å². The van der Waals surface area contributed by atoms with Gasteiger partial charge < -0.3 is 9.64 Å². The van der Waals surface area contributed by atoms with Crippen molar-refractivity contribution in [3.8, 4) is 32.8 Å². The van der Waals surface area contributed by atoms with Crippen molar-refractivity contribution in [2.24, 2.45) is 0 Å². The Labute approximate surface area is 223 Å². The van der Waals surface area contributed by atoms with Crippen molar-refractivity contribution in [3.63, 3.8) is 0 Å². The van der Waals surface area contributed by atoms with E-state index in [0.717, 1.165) is 65.3 Å². The highest BCUT2D eigenvalue weighted by Gasteiger charge is 2.29. The molecule has 1 unspecified atom stereocenters. The number of aromatic nitrogens is 1. The lowest BCUT2D eigenvalue weighted by Crippen LogP contribution is -2.35. The minimum absolute atomic E-state index is 0.0111. The maximum Gasteiger partial charge on any atom is 0.213 e. The Morgan fingerprint density at radius 2 is 2.05 bits per heavy atom. The number of fused-ring (bicyclic) bond motifs is 1. The number of nitrogens with zero attached hydrogens (tertiary/aromatic N) is 3.